The minimum atomic E-state index is -1.84. The number of unbranched alkanes of at least 4 members (excludes halogenated alkanes) is 1. The molecule has 19 nitrogen and oxygen atoms in total. The number of hydrogen-bond acceptors (Lipinski definition) is 17. The van der Waals surface area contributed by atoms with E-state index in [4.69, 9.17) is 37.9 Å². The van der Waals surface area contributed by atoms with Gasteiger partial charge in [-0.3, -0.25) is 9.59 Å². The molecule has 0 saturated carbocycles. The number of benzene rings is 1. The second kappa shape index (κ2) is 27.3. The number of fused-ring (bicyclic) bond motifs is 1. The van der Waals surface area contributed by atoms with Crippen LogP contribution >= 0.6 is 0 Å². The SMILES string of the molecule is CCCCn1cc(C(=O)O)c(=O)c2cc(CCCOCCO[C@H]3[C@H](C)OC(O[C@H]4[C@H](C)[C@@H](O[C@@H]5O[C@H](C)C[C@H](N(C)C)[C@H]5O)[C@](C)(O)C[C@@H](C)CN(C)[C@H](C)[C@H](O)[C@](C)(O)[C@@H](CC)OC(=O)[C@@H]4C)C[C@@]3(C)OC)ccc21. The molecule has 2 aromatic rings. The summed E-state index contributed by atoms with van der Waals surface area (Å²) in [6.07, 6.45) is -3.58. The average Bonchev–Trinajstić information content (AvgIpc) is 3.35. The zero-order valence-corrected chi connectivity index (χ0v) is 48.2. The summed E-state index contributed by atoms with van der Waals surface area (Å²) in [4.78, 5) is 43.5. The molecule has 3 saturated heterocycles. The van der Waals surface area contributed by atoms with Gasteiger partial charge in [0.15, 0.2) is 12.6 Å². The number of likely N-dealkylation sites (N-methyl/N-ethyl adjacent to an activating group) is 2. The maximum Gasteiger partial charge on any atom is 0.341 e. The van der Waals surface area contributed by atoms with Crippen molar-refractivity contribution in [3.8, 4) is 0 Å². The molecule has 0 aliphatic carbocycles. The van der Waals surface area contributed by atoms with Crippen LogP contribution in [0.4, 0.5) is 0 Å². The standard InChI is InChI=1S/C57H95N3O16/c1-16-18-23-60-32-41(52(64)65)46(61)40-28-39(21-22-42(40)60)20-19-24-70-25-26-71-51-38(8)73-45(30-56(51,10)69-15)75-48-35(5)50(76-54-47(62)43(58(12)13)27-34(4)72-54)55(9,67)29-33(3)31-59(14)37(7)49(63)57(11,68)44(17-2)74-53(66)36(48)6/h21-22,28,32-38,43-45,47-51,54,62-63,67-68H,16-20,23-27,29-31H2,1-15H3,(H,64,65)/t33-,34-,35+,36-,37-,38+,43+,44-,45?,47-,48+,49+,50-,51+,54+,55-,56-,57-/m1/s1. The van der Waals surface area contributed by atoms with Crippen LogP contribution in [0.15, 0.2) is 29.2 Å². The van der Waals surface area contributed by atoms with Crippen LogP contribution in [0.5, 0.6) is 0 Å². The Balaban J connectivity index is 1.34. The summed E-state index contributed by atoms with van der Waals surface area (Å²) in [5.41, 5.74) is -3.52. The Labute approximate surface area is 451 Å². The average molecular weight is 1080 g/mol. The zero-order valence-electron chi connectivity index (χ0n) is 48.2. The number of aryl methyl sites for hydroxylation is 2. The van der Waals surface area contributed by atoms with E-state index in [0.29, 0.717) is 49.9 Å². The zero-order chi connectivity index (χ0) is 56.6. The predicted molar refractivity (Wildman–Crippen MR) is 287 cm³/mol. The highest BCUT2D eigenvalue weighted by atomic mass is 16.7. The largest absolute Gasteiger partial charge is 0.477 e. The summed E-state index contributed by atoms with van der Waals surface area (Å²) in [5, 5.41) is 58.3. The molecule has 0 amide bonds. The molecule has 19 heteroatoms. The Bertz CT molecular complexity index is 2240. The number of esters is 1. The molecule has 0 bridgehead atoms. The Kier molecular flexibility index (Phi) is 22.9. The lowest BCUT2D eigenvalue weighted by molar-refractivity contribution is -0.321. The lowest BCUT2D eigenvalue weighted by Crippen LogP contribution is -2.61. The van der Waals surface area contributed by atoms with Crippen LogP contribution in [-0.4, -0.2) is 197 Å². The number of aliphatic hydroxyl groups is 4. The number of ether oxygens (including phenoxy) is 8. The highest BCUT2D eigenvalue weighted by molar-refractivity contribution is 5.92. The molecule has 1 aromatic heterocycles. The van der Waals surface area contributed by atoms with Crippen LogP contribution in [0.2, 0.25) is 0 Å². The van der Waals surface area contributed by atoms with Crippen LogP contribution < -0.4 is 5.43 Å². The van der Waals surface area contributed by atoms with E-state index in [2.05, 4.69) is 6.92 Å². The van der Waals surface area contributed by atoms with E-state index in [1.807, 2.05) is 82.3 Å². The first-order chi connectivity index (χ1) is 35.6. The molecule has 5 N–H and O–H groups in total. The van der Waals surface area contributed by atoms with Gasteiger partial charge in [0.05, 0.1) is 60.3 Å². The molecule has 434 valence electrons. The topological polar surface area (TPSA) is 238 Å². The van der Waals surface area contributed by atoms with Crippen molar-refractivity contribution in [3.05, 3.63) is 45.7 Å². The first kappa shape index (κ1) is 63.7. The Hall–Kier alpha value is -3.15. The van der Waals surface area contributed by atoms with Crippen molar-refractivity contribution < 1.29 is 73.0 Å². The van der Waals surface area contributed by atoms with Gasteiger partial charge in [-0.25, -0.2) is 4.79 Å². The Morgan fingerprint density at radius 3 is 2.25 bits per heavy atom. The molecule has 76 heavy (non-hydrogen) atoms. The quantitative estimate of drug-likeness (QED) is 0.0876. The van der Waals surface area contributed by atoms with Crippen molar-refractivity contribution in [2.24, 2.45) is 17.8 Å². The van der Waals surface area contributed by atoms with Gasteiger partial charge in [-0.05, 0) is 132 Å². The Morgan fingerprint density at radius 2 is 1.62 bits per heavy atom. The van der Waals surface area contributed by atoms with Gasteiger partial charge in [0.25, 0.3) is 0 Å². The third kappa shape index (κ3) is 15.2. The molecule has 4 heterocycles. The molecule has 1 unspecified atom stereocenters. The van der Waals surface area contributed by atoms with Crippen LogP contribution in [0.3, 0.4) is 0 Å². The van der Waals surface area contributed by atoms with Gasteiger partial charge in [0.2, 0.25) is 5.43 Å². The van der Waals surface area contributed by atoms with Crippen molar-refractivity contribution in [1.29, 1.82) is 0 Å². The number of carbonyl (C=O) groups excluding carboxylic acids is 1. The lowest BCUT2D eigenvalue weighted by atomic mass is 9.77. The maximum absolute atomic E-state index is 14.6. The molecule has 0 spiro atoms. The summed E-state index contributed by atoms with van der Waals surface area (Å²) >= 11 is 0. The van der Waals surface area contributed by atoms with Gasteiger partial charge in [0.1, 0.15) is 35.6 Å². The minimum Gasteiger partial charge on any atom is -0.477 e. The summed E-state index contributed by atoms with van der Waals surface area (Å²) in [7, 11) is 7.20. The number of carboxylic acids is 1. The first-order valence-corrected chi connectivity index (χ1v) is 27.8. The van der Waals surface area contributed by atoms with E-state index >= 15 is 0 Å². The van der Waals surface area contributed by atoms with Crippen molar-refractivity contribution >= 4 is 22.8 Å². The lowest BCUT2D eigenvalue weighted by Gasteiger charge is -2.49. The second-order valence-electron chi connectivity index (χ2n) is 23.3. The van der Waals surface area contributed by atoms with Crippen LogP contribution in [0, 0.1) is 17.8 Å². The number of carboxylic acid groups (broad SMARTS) is 1. The summed E-state index contributed by atoms with van der Waals surface area (Å²) in [6, 6.07) is 4.76. The molecule has 3 aliphatic rings. The summed E-state index contributed by atoms with van der Waals surface area (Å²) in [6.45, 7) is 21.9. The smallest absolute Gasteiger partial charge is 0.341 e. The highest BCUT2D eigenvalue weighted by Crippen LogP contribution is 2.41. The number of hydrogen-bond donors (Lipinski definition) is 5. The number of carbonyl (C=O) groups is 2. The number of aromatic carboxylic acids is 1. The van der Waals surface area contributed by atoms with Gasteiger partial charge in [-0.1, -0.05) is 40.2 Å². The fourth-order valence-electron chi connectivity index (χ4n) is 12.0. The molecule has 5 rings (SSSR count). The van der Waals surface area contributed by atoms with Crippen LogP contribution in [0.25, 0.3) is 10.9 Å². The maximum atomic E-state index is 14.6. The van der Waals surface area contributed by atoms with E-state index in [9.17, 15) is 39.9 Å². The predicted octanol–water partition coefficient (Wildman–Crippen LogP) is 5.39. The first-order valence-electron chi connectivity index (χ1n) is 27.8. The van der Waals surface area contributed by atoms with Gasteiger partial charge in [-0.2, -0.15) is 0 Å². The highest BCUT2D eigenvalue weighted by Gasteiger charge is 2.53. The summed E-state index contributed by atoms with van der Waals surface area (Å²) < 4.78 is 53.3. The molecule has 3 aliphatic heterocycles. The molecule has 0 radical (unpaired) electrons. The normalized spacial score (nSPS) is 37.7. The molecule has 1 aromatic carbocycles. The van der Waals surface area contributed by atoms with E-state index in [1.165, 1.54) is 13.1 Å². The van der Waals surface area contributed by atoms with Crippen molar-refractivity contribution in [3.63, 3.8) is 0 Å². The number of rotatable bonds is 19. The number of aliphatic hydroxyl groups excluding tert-OH is 2. The van der Waals surface area contributed by atoms with E-state index < -0.39 is 107 Å². The number of pyridine rings is 1. The molecule has 18 atom stereocenters. The van der Waals surface area contributed by atoms with Crippen molar-refractivity contribution in [2.75, 3.05) is 54.6 Å². The fraction of sp³-hybridized carbons (Fsp3) is 0.807. The fourth-order valence-corrected chi connectivity index (χ4v) is 12.0. The molecular weight excluding hydrogens is 983 g/mol. The molecular formula is C57H95N3O16. The summed E-state index contributed by atoms with van der Waals surface area (Å²) in [5.74, 6) is -3.97. The number of nitrogens with zero attached hydrogens (tertiary/aromatic N) is 3. The monoisotopic (exact) mass is 1080 g/mol. The number of aromatic nitrogens is 1. The third-order valence-electron chi connectivity index (χ3n) is 16.6. The van der Waals surface area contributed by atoms with Gasteiger partial charge < -0.3 is 77.8 Å². The van der Waals surface area contributed by atoms with Crippen molar-refractivity contribution in [2.45, 2.75) is 224 Å². The van der Waals surface area contributed by atoms with Crippen LogP contribution in [0.1, 0.15) is 137 Å². The second-order valence-corrected chi connectivity index (χ2v) is 23.3. The van der Waals surface area contributed by atoms with E-state index in [-0.39, 0.29) is 56.1 Å². The van der Waals surface area contributed by atoms with Crippen LogP contribution in [-0.2, 0) is 55.7 Å². The van der Waals surface area contributed by atoms with Gasteiger partial charge in [0, 0.05) is 62.8 Å². The number of cyclic esters (lactones) is 1. The van der Waals surface area contributed by atoms with Crippen molar-refractivity contribution in [1.82, 2.24) is 14.4 Å². The minimum absolute atomic E-state index is 0.169. The third-order valence-corrected chi connectivity index (χ3v) is 16.6. The van der Waals surface area contributed by atoms with Gasteiger partial charge in [-0.15, -0.1) is 0 Å². The van der Waals surface area contributed by atoms with Gasteiger partial charge >= 0.3 is 11.9 Å². The Morgan fingerprint density at radius 1 is 0.921 bits per heavy atom. The number of methoxy groups -OCH3 is 1. The van der Waals surface area contributed by atoms with E-state index in [1.54, 1.807) is 40.9 Å². The molecule has 3 fully saturated rings. The van der Waals surface area contributed by atoms with E-state index in [0.717, 1.165) is 18.4 Å².